The van der Waals surface area contributed by atoms with Crippen LogP contribution in [0, 0.1) is 5.92 Å². The summed E-state index contributed by atoms with van der Waals surface area (Å²) in [7, 11) is 0. The highest BCUT2D eigenvalue weighted by Gasteiger charge is 2.09. The SMILES string of the molecule is CC(C)CCSC(C)(C)C.[B]. The highest BCUT2D eigenvalue weighted by atomic mass is 32.2. The maximum absolute atomic E-state index is 2.28. The van der Waals surface area contributed by atoms with Crippen molar-refractivity contribution in [1.82, 2.24) is 0 Å². The zero-order valence-corrected chi connectivity index (χ0v) is 9.29. The van der Waals surface area contributed by atoms with E-state index in [0.717, 1.165) is 5.92 Å². The van der Waals surface area contributed by atoms with Gasteiger partial charge in [-0.05, 0) is 18.1 Å². The summed E-state index contributed by atoms with van der Waals surface area (Å²) in [6.07, 6.45) is 1.35. The minimum absolute atomic E-state index is 0. The molecule has 11 heavy (non-hydrogen) atoms. The summed E-state index contributed by atoms with van der Waals surface area (Å²) >= 11 is 2.06. The van der Waals surface area contributed by atoms with E-state index in [0.29, 0.717) is 4.75 Å². The molecule has 0 amide bonds. The van der Waals surface area contributed by atoms with E-state index in [-0.39, 0.29) is 8.41 Å². The van der Waals surface area contributed by atoms with Crippen molar-refractivity contribution < 1.29 is 0 Å². The highest BCUT2D eigenvalue weighted by Crippen LogP contribution is 2.24. The molecule has 2 heteroatoms. The molecule has 3 radical (unpaired) electrons. The minimum Gasteiger partial charge on any atom is -0.156 e. The first-order valence-corrected chi connectivity index (χ1v) is 5.04. The summed E-state index contributed by atoms with van der Waals surface area (Å²) in [5.41, 5.74) is 0. The van der Waals surface area contributed by atoms with Crippen molar-refractivity contribution in [3.8, 4) is 0 Å². The van der Waals surface area contributed by atoms with Crippen LogP contribution in [0.4, 0.5) is 0 Å². The lowest BCUT2D eigenvalue weighted by molar-refractivity contribution is 0.629. The van der Waals surface area contributed by atoms with Gasteiger partial charge in [0.15, 0.2) is 0 Å². The lowest BCUT2D eigenvalue weighted by Gasteiger charge is -2.17. The molecule has 0 aliphatic rings. The van der Waals surface area contributed by atoms with Crippen LogP contribution < -0.4 is 0 Å². The van der Waals surface area contributed by atoms with Crippen molar-refractivity contribution in [3.05, 3.63) is 0 Å². The minimum atomic E-state index is 0. The van der Waals surface area contributed by atoms with Crippen molar-refractivity contribution in [2.45, 2.75) is 45.8 Å². The van der Waals surface area contributed by atoms with E-state index < -0.39 is 0 Å². The Bertz CT molecular complexity index is 84.1. The Hall–Kier alpha value is 0.415. The standard InChI is InChI=1S/C9H20S.B/c1-8(2)6-7-10-9(3,4)5;/h8H,6-7H2,1-5H3;. The molecule has 0 N–H and O–H groups in total. The van der Waals surface area contributed by atoms with E-state index in [2.05, 4.69) is 46.4 Å². The third kappa shape index (κ3) is 13.4. The van der Waals surface area contributed by atoms with Crippen molar-refractivity contribution in [2.75, 3.05) is 5.75 Å². The van der Waals surface area contributed by atoms with Crippen molar-refractivity contribution in [1.29, 1.82) is 0 Å². The second kappa shape index (κ2) is 5.99. The topological polar surface area (TPSA) is 0 Å². The summed E-state index contributed by atoms with van der Waals surface area (Å²) in [6.45, 7) is 11.4. The van der Waals surface area contributed by atoms with Crippen molar-refractivity contribution >= 4 is 20.2 Å². The van der Waals surface area contributed by atoms with Gasteiger partial charge in [0.25, 0.3) is 0 Å². The van der Waals surface area contributed by atoms with E-state index in [1.54, 1.807) is 0 Å². The second-order valence-electron chi connectivity index (χ2n) is 4.14. The van der Waals surface area contributed by atoms with Gasteiger partial charge in [0.1, 0.15) is 0 Å². The Labute approximate surface area is 78.1 Å². The summed E-state index contributed by atoms with van der Waals surface area (Å²) in [5.74, 6) is 2.16. The molecule has 0 unspecified atom stereocenters. The van der Waals surface area contributed by atoms with E-state index in [9.17, 15) is 0 Å². The predicted octanol–water partition coefficient (Wildman–Crippen LogP) is 3.18. The van der Waals surface area contributed by atoms with Gasteiger partial charge in [0.05, 0.1) is 0 Å². The van der Waals surface area contributed by atoms with Gasteiger partial charge >= 0.3 is 0 Å². The lowest BCUT2D eigenvalue weighted by Crippen LogP contribution is -2.08. The Morgan fingerprint density at radius 1 is 1.18 bits per heavy atom. The average Bonchev–Trinajstić information content (AvgIpc) is 1.59. The third-order valence-electron chi connectivity index (χ3n) is 1.23. The van der Waals surface area contributed by atoms with Crippen molar-refractivity contribution in [3.63, 3.8) is 0 Å². The van der Waals surface area contributed by atoms with Crippen LogP contribution in [0.15, 0.2) is 0 Å². The molecule has 0 heterocycles. The largest absolute Gasteiger partial charge is 0.156 e. The molecule has 0 fully saturated rings. The van der Waals surface area contributed by atoms with Gasteiger partial charge in [0.2, 0.25) is 0 Å². The van der Waals surface area contributed by atoms with E-state index >= 15 is 0 Å². The first-order valence-electron chi connectivity index (χ1n) is 4.06. The van der Waals surface area contributed by atoms with Crippen LogP contribution in [-0.2, 0) is 0 Å². The molecule has 0 bridgehead atoms. The molecule has 0 atom stereocenters. The van der Waals surface area contributed by atoms with Gasteiger partial charge in [-0.1, -0.05) is 34.6 Å². The van der Waals surface area contributed by atoms with Gasteiger partial charge in [0, 0.05) is 13.2 Å². The Kier molecular flexibility index (Phi) is 7.61. The van der Waals surface area contributed by atoms with Crippen LogP contribution in [-0.4, -0.2) is 18.9 Å². The zero-order chi connectivity index (χ0) is 8.20. The van der Waals surface area contributed by atoms with Crippen LogP contribution in [0.3, 0.4) is 0 Å². The summed E-state index contributed by atoms with van der Waals surface area (Å²) in [4.78, 5) is 0. The quantitative estimate of drug-likeness (QED) is 0.587. The summed E-state index contributed by atoms with van der Waals surface area (Å²) in [6, 6.07) is 0. The van der Waals surface area contributed by atoms with E-state index in [1.807, 2.05) is 0 Å². The normalized spacial score (nSPS) is 11.5. The molecule has 0 rings (SSSR count). The molecular weight excluding hydrogens is 151 g/mol. The van der Waals surface area contributed by atoms with Gasteiger partial charge in [-0.25, -0.2) is 0 Å². The van der Waals surface area contributed by atoms with Crippen LogP contribution in [0.2, 0.25) is 0 Å². The molecule has 0 saturated heterocycles. The van der Waals surface area contributed by atoms with Crippen LogP contribution in [0.5, 0.6) is 0 Å². The lowest BCUT2D eigenvalue weighted by atomic mass is 10.2. The van der Waals surface area contributed by atoms with Gasteiger partial charge in [-0.3, -0.25) is 0 Å². The monoisotopic (exact) mass is 171 g/mol. The molecule has 0 nitrogen and oxygen atoms in total. The predicted molar refractivity (Wildman–Crippen MR) is 57.4 cm³/mol. The van der Waals surface area contributed by atoms with Gasteiger partial charge in [-0.2, -0.15) is 11.8 Å². The highest BCUT2D eigenvalue weighted by molar-refractivity contribution is 8.00. The molecule has 0 saturated carbocycles. The number of rotatable bonds is 3. The number of hydrogen-bond acceptors (Lipinski definition) is 1. The fourth-order valence-corrected chi connectivity index (χ4v) is 1.80. The maximum Gasteiger partial charge on any atom is 0.00750 e. The van der Waals surface area contributed by atoms with E-state index in [1.165, 1.54) is 12.2 Å². The smallest absolute Gasteiger partial charge is 0.00750 e. The number of hydrogen-bond donors (Lipinski definition) is 0. The summed E-state index contributed by atoms with van der Waals surface area (Å²) in [5, 5.41) is 0. The number of thioether (sulfide) groups is 1. The molecule has 0 aromatic rings. The molecule has 0 aliphatic carbocycles. The van der Waals surface area contributed by atoms with Crippen molar-refractivity contribution in [2.24, 2.45) is 5.92 Å². The van der Waals surface area contributed by atoms with Crippen LogP contribution in [0.25, 0.3) is 0 Å². The van der Waals surface area contributed by atoms with E-state index in [4.69, 9.17) is 0 Å². The van der Waals surface area contributed by atoms with Crippen LogP contribution >= 0.6 is 11.8 Å². The van der Waals surface area contributed by atoms with Gasteiger partial charge in [-0.15, -0.1) is 0 Å². The fraction of sp³-hybridized carbons (Fsp3) is 1.00. The van der Waals surface area contributed by atoms with Crippen LogP contribution in [0.1, 0.15) is 41.0 Å². The average molecular weight is 171 g/mol. The third-order valence-corrected chi connectivity index (χ3v) is 2.54. The summed E-state index contributed by atoms with van der Waals surface area (Å²) < 4.78 is 0.453. The molecular formula is C9H20BS. The maximum atomic E-state index is 2.28. The Balaban J connectivity index is 0. The Morgan fingerprint density at radius 2 is 1.64 bits per heavy atom. The second-order valence-corrected chi connectivity index (χ2v) is 6.07. The van der Waals surface area contributed by atoms with Gasteiger partial charge < -0.3 is 0 Å². The Morgan fingerprint density at radius 3 is 1.91 bits per heavy atom. The molecule has 65 valence electrons. The zero-order valence-electron chi connectivity index (χ0n) is 8.48. The fourth-order valence-electron chi connectivity index (χ4n) is 0.601. The first kappa shape index (κ1) is 14.0. The molecule has 0 aromatic heterocycles. The molecule has 0 aromatic carbocycles. The first-order chi connectivity index (χ1) is 4.42. The molecule has 0 spiro atoms. The molecule has 0 aliphatic heterocycles.